The Hall–Kier alpha value is -1.02. The van der Waals surface area contributed by atoms with Crippen LogP contribution in [0.5, 0.6) is 0 Å². The van der Waals surface area contributed by atoms with Crippen LogP contribution in [0.15, 0.2) is 0 Å². The summed E-state index contributed by atoms with van der Waals surface area (Å²) in [5.74, 6) is 0. The fraction of sp³-hybridized carbons (Fsp3) is 0.857. The first-order valence-corrected chi connectivity index (χ1v) is 12.0. The van der Waals surface area contributed by atoms with Gasteiger partial charge in [-0.05, 0) is 54.2 Å². The van der Waals surface area contributed by atoms with E-state index in [0.717, 1.165) is 19.3 Å². The molecular formula is C21H40N2O4S2. The van der Waals surface area contributed by atoms with Gasteiger partial charge in [0.25, 0.3) is 0 Å². The Bertz CT molecular complexity index is 528. The maximum atomic E-state index is 12.9. The van der Waals surface area contributed by atoms with Crippen molar-refractivity contribution in [1.29, 1.82) is 0 Å². The van der Waals surface area contributed by atoms with Crippen LogP contribution in [0, 0.1) is 0 Å². The lowest BCUT2D eigenvalue weighted by molar-refractivity contribution is -0.00360. The van der Waals surface area contributed by atoms with E-state index in [4.69, 9.17) is 21.7 Å². The molecule has 1 atom stereocenters. The Labute approximate surface area is 186 Å². The number of hydrogen-bond acceptors (Lipinski definition) is 6. The van der Waals surface area contributed by atoms with E-state index in [1.165, 1.54) is 36.0 Å². The number of hydrazine groups is 1. The molecule has 170 valence electrons. The van der Waals surface area contributed by atoms with Gasteiger partial charge in [-0.15, -0.1) is 11.8 Å². The number of thioether (sulfide) groups is 1. The number of rotatable bonds is 9. The SMILES string of the molecule is CCCCCCCCC(C(=S)SC)N(NC(=O)OC(C)(C)C)C(=O)OC(C)(C)C. The molecule has 1 unspecified atom stereocenters. The lowest BCUT2D eigenvalue weighted by Gasteiger charge is -2.34. The minimum atomic E-state index is -0.708. The summed E-state index contributed by atoms with van der Waals surface area (Å²) in [6.07, 6.45) is 7.93. The minimum absolute atomic E-state index is 0.450. The summed E-state index contributed by atoms with van der Waals surface area (Å²) < 4.78 is 11.5. The zero-order valence-corrected chi connectivity index (χ0v) is 21.1. The van der Waals surface area contributed by atoms with Crippen LogP contribution in [0.4, 0.5) is 9.59 Å². The van der Waals surface area contributed by atoms with Gasteiger partial charge in [-0.25, -0.2) is 20.0 Å². The van der Waals surface area contributed by atoms with E-state index in [2.05, 4.69) is 12.3 Å². The van der Waals surface area contributed by atoms with Crippen molar-refractivity contribution in [2.24, 2.45) is 0 Å². The summed E-state index contributed by atoms with van der Waals surface area (Å²) in [5, 5.41) is 1.20. The van der Waals surface area contributed by atoms with Crippen molar-refractivity contribution in [3.63, 3.8) is 0 Å². The van der Waals surface area contributed by atoms with Gasteiger partial charge in [0.2, 0.25) is 0 Å². The van der Waals surface area contributed by atoms with Crippen LogP contribution in [0.25, 0.3) is 0 Å². The van der Waals surface area contributed by atoms with E-state index in [1.54, 1.807) is 41.5 Å². The maximum Gasteiger partial charge on any atom is 0.429 e. The van der Waals surface area contributed by atoms with Crippen molar-refractivity contribution in [3.8, 4) is 0 Å². The van der Waals surface area contributed by atoms with Gasteiger partial charge in [0.1, 0.15) is 11.2 Å². The molecule has 0 rings (SSSR count). The summed E-state index contributed by atoms with van der Waals surface area (Å²) >= 11 is 6.92. The zero-order valence-electron chi connectivity index (χ0n) is 19.4. The average Bonchev–Trinajstić information content (AvgIpc) is 2.56. The normalized spacial score (nSPS) is 12.8. The number of carbonyl (C=O) groups excluding carboxylic acids is 2. The van der Waals surface area contributed by atoms with Crippen molar-refractivity contribution < 1.29 is 19.1 Å². The highest BCUT2D eigenvalue weighted by molar-refractivity contribution is 8.22. The highest BCUT2D eigenvalue weighted by Crippen LogP contribution is 2.20. The van der Waals surface area contributed by atoms with Crippen molar-refractivity contribution >= 4 is 40.4 Å². The summed E-state index contributed by atoms with van der Waals surface area (Å²) in [6, 6.07) is -0.450. The Kier molecular flexibility index (Phi) is 12.8. The molecule has 0 aromatic carbocycles. The second kappa shape index (κ2) is 13.3. The predicted octanol–water partition coefficient (Wildman–Crippen LogP) is 6.47. The number of thiocarbonyl (C=S) groups is 1. The van der Waals surface area contributed by atoms with Gasteiger partial charge in [0.15, 0.2) is 0 Å². The quantitative estimate of drug-likeness (QED) is 0.247. The summed E-state index contributed by atoms with van der Waals surface area (Å²) in [5.41, 5.74) is 1.19. The van der Waals surface area contributed by atoms with Gasteiger partial charge < -0.3 is 9.47 Å². The molecule has 0 radical (unpaired) electrons. The predicted molar refractivity (Wildman–Crippen MR) is 125 cm³/mol. The van der Waals surface area contributed by atoms with Crippen molar-refractivity contribution in [1.82, 2.24) is 10.4 Å². The molecule has 0 saturated carbocycles. The second-order valence-electron chi connectivity index (χ2n) is 9.06. The van der Waals surface area contributed by atoms with Gasteiger partial charge in [-0.3, -0.25) is 0 Å². The van der Waals surface area contributed by atoms with Gasteiger partial charge in [-0.2, -0.15) is 0 Å². The molecule has 2 amide bonds. The summed E-state index contributed by atoms with van der Waals surface area (Å²) in [4.78, 5) is 25.2. The Balaban J connectivity index is 5.34. The van der Waals surface area contributed by atoms with Crippen LogP contribution in [-0.2, 0) is 9.47 Å². The molecule has 6 nitrogen and oxygen atoms in total. The average molecular weight is 449 g/mol. The third-order valence-corrected chi connectivity index (χ3v) is 5.26. The molecule has 0 heterocycles. The lowest BCUT2D eigenvalue weighted by atomic mass is 10.1. The Morgan fingerprint density at radius 2 is 1.48 bits per heavy atom. The zero-order chi connectivity index (χ0) is 22.7. The van der Waals surface area contributed by atoms with Gasteiger partial charge in [0.05, 0.1) is 10.2 Å². The molecule has 0 saturated heterocycles. The molecule has 0 aliphatic rings. The summed E-state index contributed by atoms with van der Waals surface area (Å²) in [7, 11) is 0. The monoisotopic (exact) mass is 448 g/mol. The summed E-state index contributed by atoms with van der Waals surface area (Å²) in [6.45, 7) is 12.8. The highest BCUT2D eigenvalue weighted by atomic mass is 32.2. The number of hydrogen-bond donors (Lipinski definition) is 1. The third kappa shape index (κ3) is 13.8. The van der Waals surface area contributed by atoms with E-state index in [9.17, 15) is 9.59 Å². The largest absolute Gasteiger partial charge is 0.443 e. The van der Waals surface area contributed by atoms with Crippen LogP contribution in [0.3, 0.4) is 0 Å². The molecule has 0 aromatic rings. The number of nitrogens with zero attached hydrogens (tertiary/aromatic N) is 1. The maximum absolute atomic E-state index is 12.9. The minimum Gasteiger partial charge on any atom is -0.443 e. The fourth-order valence-corrected chi connectivity index (χ4v) is 3.29. The van der Waals surface area contributed by atoms with E-state index in [0.29, 0.717) is 10.6 Å². The van der Waals surface area contributed by atoms with Crippen LogP contribution >= 0.6 is 24.0 Å². The smallest absolute Gasteiger partial charge is 0.429 e. The molecule has 1 N–H and O–H groups in total. The first-order chi connectivity index (χ1) is 13.3. The van der Waals surface area contributed by atoms with Gasteiger partial charge in [-0.1, -0.05) is 57.7 Å². The molecular weight excluding hydrogens is 408 g/mol. The molecule has 0 aliphatic heterocycles. The second-order valence-corrected chi connectivity index (χ2v) is 10.6. The molecule has 29 heavy (non-hydrogen) atoms. The molecule has 0 aromatic heterocycles. The van der Waals surface area contributed by atoms with Crippen molar-refractivity contribution in [2.45, 2.75) is 111 Å². The molecule has 0 spiro atoms. The van der Waals surface area contributed by atoms with Gasteiger partial charge in [0, 0.05) is 0 Å². The van der Waals surface area contributed by atoms with Crippen LogP contribution in [-0.4, -0.2) is 44.9 Å². The molecule has 0 aliphatic carbocycles. The number of nitrogens with one attached hydrogen (secondary N) is 1. The number of ether oxygens (including phenoxy) is 2. The van der Waals surface area contributed by atoms with Crippen molar-refractivity contribution in [3.05, 3.63) is 0 Å². The van der Waals surface area contributed by atoms with Crippen LogP contribution < -0.4 is 5.43 Å². The van der Waals surface area contributed by atoms with E-state index >= 15 is 0 Å². The first-order valence-electron chi connectivity index (χ1n) is 10.4. The number of amides is 2. The molecule has 0 fully saturated rings. The molecule has 8 heteroatoms. The first kappa shape index (κ1) is 28.0. The molecule has 0 bridgehead atoms. The van der Waals surface area contributed by atoms with E-state index in [-0.39, 0.29) is 0 Å². The lowest BCUT2D eigenvalue weighted by Crippen LogP contribution is -2.56. The Morgan fingerprint density at radius 1 is 0.966 bits per heavy atom. The third-order valence-electron chi connectivity index (χ3n) is 3.82. The van der Waals surface area contributed by atoms with Gasteiger partial charge >= 0.3 is 12.2 Å². The standard InChI is InChI=1S/C21H40N2O4S2/c1-9-10-11-12-13-14-15-16(17(28)29-8)23(19(25)27-21(5,6)7)22-18(24)26-20(2,3)4/h16H,9-15H2,1-8H3,(H,22,24). The number of carbonyl (C=O) groups is 2. The van der Waals surface area contributed by atoms with Crippen LogP contribution in [0.2, 0.25) is 0 Å². The highest BCUT2D eigenvalue weighted by Gasteiger charge is 2.33. The fourth-order valence-electron chi connectivity index (χ4n) is 2.57. The number of unbranched alkanes of at least 4 members (excludes halogenated alkanes) is 5. The Morgan fingerprint density at radius 3 is 1.97 bits per heavy atom. The van der Waals surface area contributed by atoms with Crippen LogP contribution in [0.1, 0.15) is 93.4 Å². The van der Waals surface area contributed by atoms with Crippen molar-refractivity contribution in [2.75, 3.05) is 6.26 Å². The van der Waals surface area contributed by atoms with E-state index in [1.807, 2.05) is 6.26 Å². The topological polar surface area (TPSA) is 67.9 Å². The van der Waals surface area contributed by atoms with E-state index < -0.39 is 29.4 Å².